The second kappa shape index (κ2) is 6.70. The minimum atomic E-state index is -0.785. The molecule has 120 valence electrons. The fourth-order valence-electron chi connectivity index (χ4n) is 2.01. The number of carbonyl (C=O) groups is 1. The van der Waals surface area contributed by atoms with Crippen LogP contribution in [0.2, 0.25) is 5.02 Å². The Balaban J connectivity index is 2.20. The molecule has 8 heteroatoms. The quantitative estimate of drug-likeness (QED) is 0.675. The van der Waals surface area contributed by atoms with Crippen LogP contribution in [0.15, 0.2) is 36.4 Å². The van der Waals surface area contributed by atoms with Gasteiger partial charge >= 0.3 is 0 Å². The number of non-ortho nitro benzene ring substituents is 1. The fraction of sp³-hybridized carbons (Fsp3) is 0.133. The van der Waals surface area contributed by atoms with E-state index in [-0.39, 0.29) is 21.8 Å². The third kappa shape index (κ3) is 3.81. The lowest BCUT2D eigenvalue weighted by Crippen LogP contribution is -2.27. The number of benzene rings is 2. The van der Waals surface area contributed by atoms with Crippen molar-refractivity contribution in [2.75, 3.05) is 0 Å². The molecule has 0 spiro atoms. The van der Waals surface area contributed by atoms with Gasteiger partial charge < -0.3 is 5.32 Å². The molecule has 2 aromatic rings. The molecular weight excluding hydrogens is 330 g/mol. The van der Waals surface area contributed by atoms with Crippen LogP contribution in [-0.4, -0.2) is 10.8 Å². The van der Waals surface area contributed by atoms with Crippen LogP contribution < -0.4 is 5.32 Å². The van der Waals surface area contributed by atoms with E-state index in [1.54, 1.807) is 0 Å². The molecule has 0 saturated carbocycles. The molecule has 1 N–H and O–H groups in total. The Bertz CT molecular complexity index is 783. The van der Waals surface area contributed by atoms with Gasteiger partial charge in [-0.25, -0.2) is 8.78 Å². The number of halogens is 3. The van der Waals surface area contributed by atoms with Gasteiger partial charge in [0.25, 0.3) is 11.6 Å². The Kier molecular flexibility index (Phi) is 4.90. The molecule has 0 aromatic heterocycles. The van der Waals surface area contributed by atoms with Gasteiger partial charge in [-0.3, -0.25) is 14.9 Å². The predicted octanol–water partition coefficient (Wildman–Crippen LogP) is 4.02. The Morgan fingerprint density at radius 3 is 2.52 bits per heavy atom. The first-order valence-electron chi connectivity index (χ1n) is 6.49. The summed E-state index contributed by atoms with van der Waals surface area (Å²) in [6.07, 6.45) is 0. The minimum absolute atomic E-state index is 0.0200. The third-order valence-electron chi connectivity index (χ3n) is 3.18. The first-order valence-corrected chi connectivity index (χ1v) is 6.87. The summed E-state index contributed by atoms with van der Waals surface area (Å²) < 4.78 is 26.6. The summed E-state index contributed by atoms with van der Waals surface area (Å²) in [7, 11) is 0. The SMILES string of the molecule is C[C@H](NC(=O)c1ccc([N+](=O)[O-])cc1Cl)c1ccc(F)cc1F. The molecule has 2 rings (SSSR count). The Morgan fingerprint density at radius 2 is 1.96 bits per heavy atom. The lowest BCUT2D eigenvalue weighted by Gasteiger charge is -2.15. The molecule has 0 heterocycles. The molecule has 0 aliphatic carbocycles. The molecule has 0 saturated heterocycles. The highest BCUT2D eigenvalue weighted by Gasteiger charge is 2.19. The topological polar surface area (TPSA) is 72.2 Å². The molecule has 1 amide bonds. The van der Waals surface area contributed by atoms with E-state index in [9.17, 15) is 23.7 Å². The highest BCUT2D eigenvalue weighted by Crippen LogP contribution is 2.24. The van der Waals surface area contributed by atoms with E-state index >= 15 is 0 Å². The number of nitrogens with zero attached hydrogens (tertiary/aromatic N) is 1. The van der Waals surface area contributed by atoms with Gasteiger partial charge in [0.05, 0.1) is 21.6 Å². The maximum Gasteiger partial charge on any atom is 0.270 e. The van der Waals surface area contributed by atoms with Crippen LogP contribution in [0.1, 0.15) is 28.9 Å². The van der Waals surface area contributed by atoms with Gasteiger partial charge in [-0.1, -0.05) is 17.7 Å². The molecule has 2 aromatic carbocycles. The molecule has 0 radical (unpaired) electrons. The first kappa shape index (κ1) is 16.8. The number of nitro groups is 1. The van der Waals surface area contributed by atoms with Crippen LogP contribution in [0.25, 0.3) is 0 Å². The zero-order chi connectivity index (χ0) is 17.1. The van der Waals surface area contributed by atoms with Crippen molar-refractivity contribution in [2.24, 2.45) is 0 Å². The summed E-state index contributed by atoms with van der Waals surface area (Å²) >= 11 is 5.86. The molecule has 0 aliphatic heterocycles. The van der Waals surface area contributed by atoms with E-state index in [2.05, 4.69) is 5.32 Å². The number of rotatable bonds is 4. The highest BCUT2D eigenvalue weighted by atomic mass is 35.5. The molecule has 23 heavy (non-hydrogen) atoms. The van der Waals surface area contributed by atoms with Crippen molar-refractivity contribution >= 4 is 23.2 Å². The van der Waals surface area contributed by atoms with E-state index in [0.717, 1.165) is 24.3 Å². The summed E-state index contributed by atoms with van der Waals surface area (Å²) in [5.74, 6) is -2.13. The van der Waals surface area contributed by atoms with Gasteiger partial charge in [0, 0.05) is 23.8 Å². The van der Waals surface area contributed by atoms with Crippen molar-refractivity contribution in [2.45, 2.75) is 13.0 Å². The summed E-state index contributed by atoms with van der Waals surface area (Å²) in [6, 6.07) is 5.70. The molecule has 1 atom stereocenters. The maximum atomic E-state index is 13.7. The number of amides is 1. The highest BCUT2D eigenvalue weighted by molar-refractivity contribution is 6.34. The number of hydrogen-bond donors (Lipinski definition) is 1. The lowest BCUT2D eigenvalue weighted by molar-refractivity contribution is -0.384. The normalized spacial score (nSPS) is 11.8. The summed E-state index contributed by atoms with van der Waals surface area (Å²) in [5.41, 5.74) is -0.117. The second-order valence-corrected chi connectivity index (χ2v) is 5.19. The molecule has 0 fully saturated rings. The monoisotopic (exact) mass is 340 g/mol. The summed E-state index contributed by atoms with van der Waals surface area (Å²) in [5, 5.41) is 13.0. The van der Waals surface area contributed by atoms with E-state index in [0.29, 0.717) is 0 Å². The van der Waals surface area contributed by atoms with Crippen LogP contribution >= 0.6 is 11.6 Å². The lowest BCUT2D eigenvalue weighted by atomic mass is 10.1. The van der Waals surface area contributed by atoms with Crippen LogP contribution in [0, 0.1) is 21.7 Å². The van der Waals surface area contributed by atoms with Crippen molar-refractivity contribution in [3.05, 3.63) is 74.3 Å². The van der Waals surface area contributed by atoms with E-state index in [4.69, 9.17) is 11.6 Å². The summed E-state index contributed by atoms with van der Waals surface area (Å²) in [6.45, 7) is 1.52. The van der Waals surface area contributed by atoms with Gasteiger partial charge in [-0.2, -0.15) is 0 Å². The van der Waals surface area contributed by atoms with Gasteiger partial charge in [-0.15, -0.1) is 0 Å². The Morgan fingerprint density at radius 1 is 1.26 bits per heavy atom. The minimum Gasteiger partial charge on any atom is -0.345 e. The number of hydrogen-bond acceptors (Lipinski definition) is 3. The van der Waals surface area contributed by atoms with E-state index in [1.807, 2.05) is 0 Å². The average molecular weight is 341 g/mol. The van der Waals surface area contributed by atoms with Gasteiger partial charge in [0.1, 0.15) is 11.6 Å². The Hall–Kier alpha value is -2.54. The zero-order valence-corrected chi connectivity index (χ0v) is 12.6. The van der Waals surface area contributed by atoms with Crippen molar-refractivity contribution in [3.8, 4) is 0 Å². The number of nitrogens with one attached hydrogen (secondary N) is 1. The Labute approximate surface area is 135 Å². The number of carbonyl (C=O) groups excluding carboxylic acids is 1. The van der Waals surface area contributed by atoms with Crippen LogP contribution in [0.3, 0.4) is 0 Å². The van der Waals surface area contributed by atoms with Crippen molar-refractivity contribution in [1.82, 2.24) is 5.32 Å². The summed E-state index contributed by atoms with van der Waals surface area (Å²) in [4.78, 5) is 22.1. The van der Waals surface area contributed by atoms with E-state index < -0.39 is 28.5 Å². The van der Waals surface area contributed by atoms with Crippen LogP contribution in [-0.2, 0) is 0 Å². The predicted molar refractivity (Wildman–Crippen MR) is 80.3 cm³/mol. The smallest absolute Gasteiger partial charge is 0.270 e. The van der Waals surface area contributed by atoms with Crippen LogP contribution in [0.4, 0.5) is 14.5 Å². The third-order valence-corrected chi connectivity index (χ3v) is 3.50. The largest absolute Gasteiger partial charge is 0.345 e. The van der Waals surface area contributed by atoms with Crippen molar-refractivity contribution in [1.29, 1.82) is 0 Å². The average Bonchev–Trinajstić information content (AvgIpc) is 2.46. The molecule has 0 bridgehead atoms. The van der Waals surface area contributed by atoms with E-state index in [1.165, 1.54) is 19.1 Å². The van der Waals surface area contributed by atoms with Crippen molar-refractivity contribution < 1.29 is 18.5 Å². The van der Waals surface area contributed by atoms with Crippen molar-refractivity contribution in [3.63, 3.8) is 0 Å². The van der Waals surface area contributed by atoms with Crippen LogP contribution in [0.5, 0.6) is 0 Å². The molecule has 0 aliphatic rings. The maximum absolute atomic E-state index is 13.7. The van der Waals surface area contributed by atoms with Gasteiger partial charge in [0.15, 0.2) is 0 Å². The standard InChI is InChI=1S/C15H11ClF2N2O3/c1-8(11-4-2-9(17)6-14(11)18)19-15(21)12-5-3-10(20(22)23)7-13(12)16/h2-8H,1H3,(H,19,21)/t8-/m0/s1. The molecule has 0 unspecified atom stereocenters. The zero-order valence-electron chi connectivity index (χ0n) is 11.8. The molecular formula is C15H11ClF2N2O3. The second-order valence-electron chi connectivity index (χ2n) is 4.78. The van der Waals surface area contributed by atoms with Gasteiger partial charge in [0.2, 0.25) is 0 Å². The molecule has 5 nitrogen and oxygen atoms in total. The number of nitro benzene ring substituents is 1. The first-order chi connectivity index (χ1) is 10.8. The fourth-order valence-corrected chi connectivity index (χ4v) is 2.27. The van der Waals surface area contributed by atoms with Gasteiger partial charge in [-0.05, 0) is 19.1 Å².